The maximum absolute atomic E-state index is 10.1. The highest BCUT2D eigenvalue weighted by Crippen LogP contribution is 2.27. The third kappa shape index (κ3) is 2.77. The van der Waals surface area contributed by atoms with Crippen molar-refractivity contribution < 1.29 is 5.11 Å². The molecule has 74 valence electrons. The van der Waals surface area contributed by atoms with Gasteiger partial charge >= 0.3 is 0 Å². The molecule has 1 rings (SSSR count). The smallest absolute Gasteiger partial charge is 0.0878 e. The molecule has 0 bridgehead atoms. The summed E-state index contributed by atoms with van der Waals surface area (Å²) < 4.78 is 0. The number of halogens is 1. The van der Waals surface area contributed by atoms with Crippen molar-refractivity contribution in [1.29, 1.82) is 0 Å². The first-order valence-electron chi connectivity index (χ1n) is 4.48. The number of terminal acetylenes is 1. The number of rotatable bonds is 3. The largest absolute Gasteiger partial charge is 0.385 e. The van der Waals surface area contributed by atoms with Crippen LogP contribution in [0.4, 0.5) is 0 Å². The Labute approximate surface area is 89.7 Å². The summed E-state index contributed by atoms with van der Waals surface area (Å²) in [6, 6.07) is 7.21. The topological polar surface area (TPSA) is 20.2 Å². The van der Waals surface area contributed by atoms with Gasteiger partial charge in [0.25, 0.3) is 0 Å². The Morgan fingerprint density at radius 3 is 2.86 bits per heavy atom. The highest BCUT2D eigenvalue weighted by Gasteiger charge is 2.21. The van der Waals surface area contributed by atoms with Crippen molar-refractivity contribution in [2.45, 2.75) is 25.4 Å². The molecule has 0 saturated carbocycles. The first-order chi connectivity index (χ1) is 6.56. The fourth-order valence-corrected chi connectivity index (χ4v) is 1.47. The lowest BCUT2D eigenvalue weighted by Crippen LogP contribution is -2.20. The van der Waals surface area contributed by atoms with E-state index in [9.17, 15) is 5.11 Å². The van der Waals surface area contributed by atoms with Crippen LogP contribution >= 0.6 is 11.6 Å². The monoisotopic (exact) mass is 208 g/mol. The van der Waals surface area contributed by atoms with E-state index in [1.807, 2.05) is 12.1 Å². The van der Waals surface area contributed by atoms with Gasteiger partial charge in [0.1, 0.15) is 0 Å². The van der Waals surface area contributed by atoms with Crippen LogP contribution < -0.4 is 0 Å². The van der Waals surface area contributed by atoms with Crippen LogP contribution in [-0.4, -0.2) is 5.11 Å². The van der Waals surface area contributed by atoms with Gasteiger partial charge in [0, 0.05) is 11.4 Å². The van der Waals surface area contributed by atoms with E-state index >= 15 is 0 Å². The molecule has 1 aromatic rings. The van der Waals surface area contributed by atoms with Crippen molar-refractivity contribution >= 4 is 11.6 Å². The summed E-state index contributed by atoms with van der Waals surface area (Å²) in [6.07, 6.45) is 6.26. The van der Waals surface area contributed by atoms with Crippen molar-refractivity contribution in [3.63, 3.8) is 0 Å². The molecule has 0 amide bonds. The second kappa shape index (κ2) is 4.50. The summed E-state index contributed by atoms with van der Waals surface area (Å²) in [6.45, 7) is 1.75. The summed E-state index contributed by atoms with van der Waals surface area (Å²) in [5, 5.41) is 10.7. The number of benzene rings is 1. The van der Waals surface area contributed by atoms with E-state index in [-0.39, 0.29) is 0 Å². The minimum absolute atomic E-state index is 0.545. The minimum Gasteiger partial charge on any atom is -0.385 e. The van der Waals surface area contributed by atoms with Gasteiger partial charge in [0.05, 0.1) is 5.60 Å². The zero-order valence-corrected chi connectivity index (χ0v) is 8.88. The molecule has 1 aromatic carbocycles. The average Bonchev–Trinajstić information content (AvgIpc) is 2.15. The fraction of sp³-hybridized carbons (Fsp3) is 0.333. The second-order valence-corrected chi connectivity index (χ2v) is 3.92. The molecule has 0 aliphatic carbocycles. The zero-order valence-electron chi connectivity index (χ0n) is 8.13. The zero-order chi connectivity index (χ0) is 10.6. The summed E-state index contributed by atoms with van der Waals surface area (Å²) in [4.78, 5) is 0. The van der Waals surface area contributed by atoms with Crippen LogP contribution in [0, 0.1) is 12.3 Å². The molecule has 0 heterocycles. The highest BCUT2D eigenvalue weighted by atomic mass is 35.5. The number of hydrogen-bond donors (Lipinski definition) is 1. The Bertz CT molecular complexity index is 350. The summed E-state index contributed by atoms with van der Waals surface area (Å²) >= 11 is 5.83. The van der Waals surface area contributed by atoms with Crippen molar-refractivity contribution in [3.05, 3.63) is 34.9 Å². The van der Waals surface area contributed by atoms with Crippen LogP contribution in [0.15, 0.2) is 24.3 Å². The van der Waals surface area contributed by atoms with Crippen molar-refractivity contribution in [2.75, 3.05) is 0 Å². The molecule has 1 atom stereocenters. The number of aliphatic hydroxyl groups is 1. The Morgan fingerprint density at radius 2 is 2.29 bits per heavy atom. The molecule has 14 heavy (non-hydrogen) atoms. The Morgan fingerprint density at radius 1 is 1.57 bits per heavy atom. The maximum Gasteiger partial charge on any atom is 0.0878 e. The molecular weight excluding hydrogens is 196 g/mol. The molecule has 0 radical (unpaired) electrons. The van der Waals surface area contributed by atoms with Gasteiger partial charge < -0.3 is 5.11 Å². The predicted molar refractivity (Wildman–Crippen MR) is 59.1 cm³/mol. The third-order valence-corrected chi connectivity index (χ3v) is 2.44. The van der Waals surface area contributed by atoms with E-state index in [2.05, 4.69) is 5.92 Å². The van der Waals surface area contributed by atoms with E-state index in [0.717, 1.165) is 5.56 Å². The SMILES string of the molecule is C#CCCC(C)(O)c1cccc(Cl)c1. The van der Waals surface area contributed by atoms with Gasteiger partial charge in [-0.05, 0) is 31.0 Å². The fourth-order valence-electron chi connectivity index (χ4n) is 1.28. The molecule has 1 N–H and O–H groups in total. The van der Waals surface area contributed by atoms with Gasteiger partial charge in [0.15, 0.2) is 0 Å². The molecule has 1 unspecified atom stereocenters. The molecule has 0 spiro atoms. The van der Waals surface area contributed by atoms with Gasteiger partial charge in [-0.1, -0.05) is 23.7 Å². The summed E-state index contributed by atoms with van der Waals surface area (Å²) in [7, 11) is 0. The second-order valence-electron chi connectivity index (χ2n) is 3.49. The predicted octanol–water partition coefficient (Wildman–Crippen LogP) is 2.96. The van der Waals surface area contributed by atoms with Crippen molar-refractivity contribution in [1.82, 2.24) is 0 Å². The third-order valence-electron chi connectivity index (χ3n) is 2.20. The molecular formula is C12H13ClO. The maximum atomic E-state index is 10.1. The van der Waals surface area contributed by atoms with Crippen molar-refractivity contribution in [3.8, 4) is 12.3 Å². The number of hydrogen-bond acceptors (Lipinski definition) is 1. The van der Waals surface area contributed by atoms with E-state index in [0.29, 0.717) is 17.9 Å². The van der Waals surface area contributed by atoms with Crippen molar-refractivity contribution in [2.24, 2.45) is 0 Å². The standard InChI is InChI=1S/C12H13ClO/c1-3-4-8-12(2,14)10-6-5-7-11(13)9-10/h1,5-7,9,14H,4,8H2,2H3. The van der Waals surface area contributed by atoms with E-state index in [1.165, 1.54) is 0 Å². The first kappa shape index (κ1) is 11.1. The normalized spacial score (nSPS) is 14.4. The van der Waals surface area contributed by atoms with Crippen LogP contribution in [0.25, 0.3) is 0 Å². The summed E-state index contributed by atoms with van der Waals surface area (Å²) in [5.74, 6) is 2.52. The molecule has 0 fully saturated rings. The molecule has 0 aliphatic rings. The molecule has 0 saturated heterocycles. The van der Waals surface area contributed by atoms with Crippen LogP contribution in [0.5, 0.6) is 0 Å². The first-order valence-corrected chi connectivity index (χ1v) is 4.86. The van der Waals surface area contributed by atoms with Crippen LogP contribution in [0.1, 0.15) is 25.3 Å². The Balaban J connectivity index is 2.87. The molecule has 0 aliphatic heterocycles. The lowest BCUT2D eigenvalue weighted by molar-refractivity contribution is 0.0494. The van der Waals surface area contributed by atoms with Gasteiger partial charge in [-0.3, -0.25) is 0 Å². The van der Waals surface area contributed by atoms with Gasteiger partial charge in [-0.15, -0.1) is 12.3 Å². The Kier molecular flexibility index (Phi) is 3.57. The highest BCUT2D eigenvalue weighted by molar-refractivity contribution is 6.30. The van der Waals surface area contributed by atoms with Gasteiger partial charge in [-0.2, -0.15) is 0 Å². The minimum atomic E-state index is -0.892. The average molecular weight is 209 g/mol. The quantitative estimate of drug-likeness (QED) is 0.758. The van der Waals surface area contributed by atoms with E-state index < -0.39 is 5.60 Å². The molecule has 0 aromatic heterocycles. The van der Waals surface area contributed by atoms with Gasteiger partial charge in [-0.25, -0.2) is 0 Å². The Hall–Kier alpha value is -0.970. The molecule has 1 nitrogen and oxygen atoms in total. The van der Waals surface area contributed by atoms with E-state index in [1.54, 1.807) is 19.1 Å². The van der Waals surface area contributed by atoms with E-state index in [4.69, 9.17) is 18.0 Å². The van der Waals surface area contributed by atoms with Crippen LogP contribution in [0.2, 0.25) is 5.02 Å². The van der Waals surface area contributed by atoms with Crippen LogP contribution in [-0.2, 0) is 5.60 Å². The molecule has 2 heteroatoms. The van der Waals surface area contributed by atoms with Crippen LogP contribution in [0.3, 0.4) is 0 Å². The van der Waals surface area contributed by atoms with Gasteiger partial charge in [0.2, 0.25) is 0 Å². The lowest BCUT2D eigenvalue weighted by atomic mass is 9.91. The lowest BCUT2D eigenvalue weighted by Gasteiger charge is -2.22. The summed E-state index contributed by atoms with van der Waals surface area (Å²) in [5.41, 5.74) is -0.0858.